The van der Waals surface area contributed by atoms with Gasteiger partial charge in [0.15, 0.2) is 6.29 Å². The van der Waals surface area contributed by atoms with Crippen LogP contribution < -0.4 is 5.32 Å². The number of unbranched alkanes of at least 4 members (excludes halogenated alkanes) is 26. The lowest BCUT2D eigenvalue weighted by atomic mass is 9.98. The lowest BCUT2D eigenvalue weighted by Crippen LogP contribution is -2.60. The number of esters is 1. The molecule has 1 aliphatic rings. The van der Waals surface area contributed by atoms with Gasteiger partial charge in [-0.05, 0) is 12.8 Å². The minimum absolute atomic E-state index is 0.239. The second-order valence-electron chi connectivity index (χ2n) is 17.1. The Hall–Kier alpha value is -1.38. The van der Waals surface area contributed by atoms with Gasteiger partial charge in [-0.3, -0.25) is 9.59 Å². The molecular formula is C46H89NO11. The van der Waals surface area contributed by atoms with E-state index in [1.54, 1.807) is 0 Å². The van der Waals surface area contributed by atoms with Crippen LogP contribution in [0, 0.1) is 0 Å². The van der Waals surface area contributed by atoms with Gasteiger partial charge >= 0.3 is 5.97 Å². The number of rotatable bonds is 39. The van der Waals surface area contributed by atoms with E-state index in [0.29, 0.717) is 19.3 Å². The van der Waals surface area contributed by atoms with Crippen molar-refractivity contribution in [3.8, 4) is 0 Å². The molecule has 1 rings (SSSR count). The lowest BCUT2D eigenvalue weighted by molar-refractivity contribution is -0.303. The highest BCUT2D eigenvalue weighted by atomic mass is 16.7. The maximum atomic E-state index is 13.3. The zero-order valence-corrected chi connectivity index (χ0v) is 37.0. The Morgan fingerprint density at radius 3 is 1.38 bits per heavy atom. The molecule has 0 aromatic rings. The normalized spacial score (nSPS) is 21.7. The predicted octanol–water partition coefficient (Wildman–Crippen LogP) is 7.68. The molecule has 0 aromatic carbocycles. The van der Waals surface area contributed by atoms with Crippen LogP contribution in [-0.4, -0.2) is 111 Å². The third kappa shape index (κ3) is 26.1. The fourth-order valence-corrected chi connectivity index (χ4v) is 7.90. The minimum atomic E-state index is -1.69. The van der Waals surface area contributed by atoms with Crippen molar-refractivity contribution >= 4 is 11.9 Å². The van der Waals surface area contributed by atoms with Gasteiger partial charge in [-0.15, -0.1) is 0 Å². The van der Waals surface area contributed by atoms with Crippen molar-refractivity contribution in [2.45, 2.75) is 268 Å². The maximum absolute atomic E-state index is 13.3. The van der Waals surface area contributed by atoms with Crippen molar-refractivity contribution in [2.75, 3.05) is 13.2 Å². The molecule has 1 aliphatic heterocycles. The van der Waals surface area contributed by atoms with Crippen LogP contribution in [0.1, 0.15) is 213 Å². The quantitative estimate of drug-likeness (QED) is 0.0237. The SMILES string of the molecule is CCCCCCCCCCCCCCCCCCCC[C@@H](O)[C@@H](OC(C)=O)[C@H](CO[C@@H]1O[C@H](CO)[C@@H](O)[C@H](O)[C@H]1O)NC(=O)[C@H](O)CCCCCCCCCCCC. The van der Waals surface area contributed by atoms with Gasteiger partial charge < -0.3 is 50.2 Å². The first-order chi connectivity index (χ1) is 28.1. The van der Waals surface area contributed by atoms with Crippen molar-refractivity contribution in [2.24, 2.45) is 0 Å². The summed E-state index contributed by atoms with van der Waals surface area (Å²) < 4.78 is 16.8. The van der Waals surface area contributed by atoms with Crippen molar-refractivity contribution in [1.29, 1.82) is 0 Å². The fourth-order valence-electron chi connectivity index (χ4n) is 7.90. The topological polar surface area (TPSA) is 195 Å². The van der Waals surface area contributed by atoms with E-state index in [1.165, 1.54) is 135 Å². The van der Waals surface area contributed by atoms with Crippen LogP contribution in [0.3, 0.4) is 0 Å². The Bertz CT molecular complexity index is 972. The molecule has 1 fully saturated rings. The third-order valence-electron chi connectivity index (χ3n) is 11.7. The molecule has 7 N–H and O–H groups in total. The molecule has 0 spiro atoms. The zero-order valence-electron chi connectivity index (χ0n) is 37.0. The summed E-state index contributed by atoms with van der Waals surface area (Å²) >= 11 is 0. The number of hydrogen-bond donors (Lipinski definition) is 7. The molecule has 1 heterocycles. The Balaban J connectivity index is 2.61. The number of aliphatic hydroxyl groups is 6. The molecule has 0 saturated carbocycles. The van der Waals surface area contributed by atoms with E-state index in [0.717, 1.165) is 38.5 Å². The van der Waals surface area contributed by atoms with E-state index in [9.17, 15) is 40.2 Å². The number of ether oxygens (including phenoxy) is 3. The molecule has 0 radical (unpaired) electrons. The molecule has 344 valence electrons. The van der Waals surface area contributed by atoms with Crippen molar-refractivity contribution in [1.82, 2.24) is 5.32 Å². The molecule has 12 nitrogen and oxygen atoms in total. The largest absolute Gasteiger partial charge is 0.457 e. The highest BCUT2D eigenvalue weighted by molar-refractivity contribution is 5.80. The Kier molecular flexibility index (Phi) is 34.2. The van der Waals surface area contributed by atoms with Crippen LogP contribution in [0.2, 0.25) is 0 Å². The fraction of sp³-hybridized carbons (Fsp3) is 0.957. The highest BCUT2D eigenvalue weighted by Gasteiger charge is 2.45. The zero-order chi connectivity index (χ0) is 42.8. The number of nitrogens with one attached hydrogen (secondary N) is 1. The van der Waals surface area contributed by atoms with Crippen molar-refractivity contribution in [3.63, 3.8) is 0 Å². The minimum Gasteiger partial charge on any atom is -0.457 e. The third-order valence-corrected chi connectivity index (χ3v) is 11.7. The molecule has 0 unspecified atom stereocenters. The summed E-state index contributed by atoms with van der Waals surface area (Å²) in [6.45, 7) is 4.58. The summed E-state index contributed by atoms with van der Waals surface area (Å²) in [5.41, 5.74) is 0. The van der Waals surface area contributed by atoms with Crippen LogP contribution in [-0.2, 0) is 23.8 Å². The van der Waals surface area contributed by atoms with Gasteiger partial charge in [0, 0.05) is 6.92 Å². The summed E-state index contributed by atoms with van der Waals surface area (Å²) in [6, 6.07) is -1.16. The Morgan fingerprint density at radius 2 is 0.983 bits per heavy atom. The first kappa shape index (κ1) is 54.6. The molecule has 1 amide bonds. The van der Waals surface area contributed by atoms with Gasteiger partial charge in [0.25, 0.3) is 0 Å². The molecular weight excluding hydrogens is 743 g/mol. The monoisotopic (exact) mass is 832 g/mol. The number of hydrogen-bond acceptors (Lipinski definition) is 11. The van der Waals surface area contributed by atoms with E-state index in [1.807, 2.05) is 0 Å². The average Bonchev–Trinajstić information content (AvgIpc) is 3.21. The van der Waals surface area contributed by atoms with Gasteiger partial charge in [-0.1, -0.05) is 194 Å². The first-order valence-corrected chi connectivity index (χ1v) is 23.8. The van der Waals surface area contributed by atoms with Crippen LogP contribution in [0.4, 0.5) is 0 Å². The van der Waals surface area contributed by atoms with E-state index < -0.39 is 80.1 Å². The Labute approximate surface area is 352 Å². The van der Waals surface area contributed by atoms with Gasteiger partial charge in [0.1, 0.15) is 36.6 Å². The number of carbonyl (C=O) groups excluding carboxylic acids is 2. The smallest absolute Gasteiger partial charge is 0.303 e. The van der Waals surface area contributed by atoms with Crippen molar-refractivity contribution < 1.29 is 54.4 Å². The maximum Gasteiger partial charge on any atom is 0.303 e. The molecule has 9 atom stereocenters. The average molecular weight is 832 g/mol. The first-order valence-electron chi connectivity index (χ1n) is 23.8. The van der Waals surface area contributed by atoms with E-state index in [-0.39, 0.29) is 6.42 Å². The molecule has 58 heavy (non-hydrogen) atoms. The molecule has 12 heteroatoms. The number of aliphatic hydroxyl groups excluding tert-OH is 6. The second-order valence-corrected chi connectivity index (χ2v) is 17.1. The second kappa shape index (κ2) is 36.3. The van der Waals surface area contributed by atoms with Crippen LogP contribution in [0.25, 0.3) is 0 Å². The van der Waals surface area contributed by atoms with E-state index >= 15 is 0 Å². The standard InChI is InChI=1S/C46H89NO11/c1-4-6-8-10-12-14-16-17-18-19-20-21-22-23-25-26-28-30-32-38(50)44(57-36(3)49)37(35-56-46-43(54)42(53)41(52)40(34-48)58-46)47-45(55)39(51)33-31-29-27-24-15-13-11-9-7-5-2/h37-44,46,48,50-54H,4-35H2,1-3H3,(H,47,55)/t37-,38+,39+,40+,41+,42-,43+,44-,46+/m0/s1. The highest BCUT2D eigenvalue weighted by Crippen LogP contribution is 2.24. The summed E-state index contributed by atoms with van der Waals surface area (Å²) in [5.74, 6) is -1.39. The molecule has 1 saturated heterocycles. The van der Waals surface area contributed by atoms with Gasteiger partial charge in [-0.25, -0.2) is 0 Å². The van der Waals surface area contributed by atoms with Crippen molar-refractivity contribution in [3.05, 3.63) is 0 Å². The predicted molar refractivity (Wildman–Crippen MR) is 229 cm³/mol. The van der Waals surface area contributed by atoms with Gasteiger partial charge in [-0.2, -0.15) is 0 Å². The molecule has 0 aliphatic carbocycles. The van der Waals surface area contributed by atoms with Gasteiger partial charge in [0.2, 0.25) is 5.91 Å². The number of amides is 1. The van der Waals surface area contributed by atoms with Gasteiger partial charge in [0.05, 0.1) is 25.4 Å². The van der Waals surface area contributed by atoms with Crippen LogP contribution >= 0.6 is 0 Å². The summed E-state index contributed by atoms with van der Waals surface area (Å²) in [5, 5.41) is 65.4. The van der Waals surface area contributed by atoms with Crippen LogP contribution in [0.5, 0.6) is 0 Å². The Morgan fingerprint density at radius 1 is 0.586 bits per heavy atom. The summed E-state index contributed by atoms with van der Waals surface area (Å²) in [6.07, 6.45) is 22.6. The molecule has 0 aromatic heterocycles. The lowest BCUT2D eigenvalue weighted by Gasteiger charge is -2.40. The number of carbonyl (C=O) groups is 2. The summed E-state index contributed by atoms with van der Waals surface area (Å²) in [7, 11) is 0. The molecule has 0 bridgehead atoms. The van der Waals surface area contributed by atoms with E-state index in [2.05, 4.69) is 19.2 Å². The van der Waals surface area contributed by atoms with E-state index in [4.69, 9.17) is 14.2 Å². The summed E-state index contributed by atoms with van der Waals surface area (Å²) in [4.78, 5) is 25.5. The van der Waals surface area contributed by atoms with Crippen LogP contribution in [0.15, 0.2) is 0 Å².